The molecule has 0 saturated heterocycles. The van der Waals surface area contributed by atoms with Crippen LogP contribution in [0.15, 0.2) is 18.2 Å². The summed E-state index contributed by atoms with van der Waals surface area (Å²) in [5.41, 5.74) is 1.62. The van der Waals surface area contributed by atoms with Gasteiger partial charge < -0.3 is 9.47 Å². The molecule has 0 atom stereocenters. The Hall–Kier alpha value is -1.84. The molecule has 1 rings (SSSR count). The average molecular weight is 236 g/mol. The zero-order valence-electron chi connectivity index (χ0n) is 10.4. The maximum Gasteiger partial charge on any atom is 0.337 e. The largest absolute Gasteiger partial charge is 0.465 e. The van der Waals surface area contributed by atoms with Crippen LogP contribution < -0.4 is 0 Å². The first kappa shape index (κ1) is 13.2. The van der Waals surface area contributed by atoms with E-state index in [0.29, 0.717) is 11.1 Å². The molecule has 0 heterocycles. The van der Waals surface area contributed by atoms with Crippen LogP contribution in [0.2, 0.25) is 0 Å². The van der Waals surface area contributed by atoms with Gasteiger partial charge >= 0.3 is 11.9 Å². The Morgan fingerprint density at radius 2 is 1.35 bits per heavy atom. The maximum atomic E-state index is 11.5. The van der Waals surface area contributed by atoms with Gasteiger partial charge in [-0.15, -0.1) is 0 Å². The van der Waals surface area contributed by atoms with Gasteiger partial charge in [0.25, 0.3) is 0 Å². The Labute approximate surface area is 101 Å². The second-order valence-corrected chi connectivity index (χ2v) is 3.98. The SMILES string of the molecule is COC(=O)c1cc(C(=O)OC)cc(C(C)C)c1. The van der Waals surface area contributed by atoms with E-state index in [-0.39, 0.29) is 5.92 Å². The van der Waals surface area contributed by atoms with Crippen molar-refractivity contribution in [3.05, 3.63) is 34.9 Å². The highest BCUT2D eigenvalue weighted by molar-refractivity contribution is 5.95. The fourth-order valence-corrected chi connectivity index (χ4v) is 1.46. The summed E-state index contributed by atoms with van der Waals surface area (Å²) in [6.45, 7) is 3.97. The van der Waals surface area contributed by atoms with E-state index in [1.165, 1.54) is 20.3 Å². The standard InChI is InChI=1S/C13H16O4/c1-8(2)9-5-10(12(14)16-3)7-11(6-9)13(15)17-4/h5-8H,1-4H3. The molecule has 1 aromatic rings. The number of carbonyl (C=O) groups excluding carboxylic acids is 2. The molecule has 0 radical (unpaired) electrons. The van der Waals surface area contributed by atoms with Crippen LogP contribution in [0.3, 0.4) is 0 Å². The van der Waals surface area contributed by atoms with Crippen LogP contribution in [0, 0.1) is 0 Å². The van der Waals surface area contributed by atoms with Crippen LogP contribution in [-0.4, -0.2) is 26.2 Å². The van der Waals surface area contributed by atoms with Crippen molar-refractivity contribution >= 4 is 11.9 Å². The van der Waals surface area contributed by atoms with Crippen molar-refractivity contribution in [2.45, 2.75) is 19.8 Å². The number of methoxy groups -OCH3 is 2. The Balaban J connectivity index is 3.28. The lowest BCUT2D eigenvalue weighted by Gasteiger charge is -2.10. The molecular weight excluding hydrogens is 220 g/mol. The topological polar surface area (TPSA) is 52.6 Å². The molecule has 4 nitrogen and oxygen atoms in total. The highest BCUT2D eigenvalue weighted by Crippen LogP contribution is 2.19. The van der Waals surface area contributed by atoms with Crippen molar-refractivity contribution < 1.29 is 19.1 Å². The Bertz CT molecular complexity index is 401. The van der Waals surface area contributed by atoms with E-state index in [9.17, 15) is 9.59 Å². The number of ether oxygens (including phenoxy) is 2. The molecule has 0 N–H and O–H groups in total. The summed E-state index contributed by atoms with van der Waals surface area (Å²) < 4.78 is 9.30. The van der Waals surface area contributed by atoms with Crippen LogP contribution in [0.25, 0.3) is 0 Å². The van der Waals surface area contributed by atoms with Gasteiger partial charge in [0.2, 0.25) is 0 Å². The highest BCUT2D eigenvalue weighted by Gasteiger charge is 2.14. The van der Waals surface area contributed by atoms with Crippen molar-refractivity contribution in [3.63, 3.8) is 0 Å². The van der Waals surface area contributed by atoms with E-state index >= 15 is 0 Å². The molecule has 0 fully saturated rings. The summed E-state index contributed by atoms with van der Waals surface area (Å²) in [7, 11) is 2.62. The number of carbonyl (C=O) groups is 2. The third kappa shape index (κ3) is 3.06. The monoisotopic (exact) mass is 236 g/mol. The van der Waals surface area contributed by atoms with E-state index in [1.807, 2.05) is 13.8 Å². The summed E-state index contributed by atoms with van der Waals surface area (Å²) >= 11 is 0. The quantitative estimate of drug-likeness (QED) is 0.756. The summed E-state index contributed by atoms with van der Waals surface area (Å²) in [5.74, 6) is -0.710. The van der Waals surface area contributed by atoms with Crippen molar-refractivity contribution in [1.82, 2.24) is 0 Å². The molecular formula is C13H16O4. The Morgan fingerprint density at radius 1 is 0.941 bits per heavy atom. The Morgan fingerprint density at radius 3 is 1.65 bits per heavy atom. The zero-order chi connectivity index (χ0) is 13.0. The molecule has 0 aliphatic heterocycles. The summed E-state index contributed by atoms with van der Waals surface area (Å²) in [6, 6.07) is 4.93. The number of benzene rings is 1. The molecule has 0 saturated carbocycles. The third-order valence-electron chi connectivity index (χ3n) is 2.46. The van der Waals surface area contributed by atoms with Crippen LogP contribution in [0.4, 0.5) is 0 Å². The van der Waals surface area contributed by atoms with E-state index < -0.39 is 11.9 Å². The minimum absolute atomic E-state index is 0.211. The molecule has 4 heteroatoms. The van der Waals surface area contributed by atoms with E-state index in [1.54, 1.807) is 12.1 Å². The normalized spacial score (nSPS) is 10.2. The number of rotatable bonds is 3. The molecule has 0 spiro atoms. The Kier molecular flexibility index (Phi) is 4.26. The summed E-state index contributed by atoms with van der Waals surface area (Å²) in [6.07, 6.45) is 0. The van der Waals surface area contributed by atoms with Gasteiger partial charge in [-0.3, -0.25) is 0 Å². The summed E-state index contributed by atoms with van der Waals surface area (Å²) in [4.78, 5) is 23.0. The van der Waals surface area contributed by atoms with E-state index in [2.05, 4.69) is 9.47 Å². The van der Waals surface area contributed by atoms with Crippen molar-refractivity contribution in [1.29, 1.82) is 0 Å². The van der Waals surface area contributed by atoms with E-state index in [4.69, 9.17) is 0 Å². The van der Waals surface area contributed by atoms with Gasteiger partial charge in [-0.05, 0) is 29.7 Å². The van der Waals surface area contributed by atoms with Gasteiger partial charge in [-0.2, -0.15) is 0 Å². The first-order valence-corrected chi connectivity index (χ1v) is 5.31. The maximum absolute atomic E-state index is 11.5. The molecule has 0 aliphatic rings. The lowest BCUT2D eigenvalue weighted by molar-refractivity contribution is 0.0599. The van der Waals surface area contributed by atoms with Gasteiger partial charge in [-0.25, -0.2) is 9.59 Å². The second-order valence-electron chi connectivity index (χ2n) is 3.98. The molecule has 0 unspecified atom stereocenters. The minimum Gasteiger partial charge on any atom is -0.465 e. The molecule has 0 aromatic heterocycles. The fraction of sp³-hybridized carbons (Fsp3) is 0.385. The molecule has 17 heavy (non-hydrogen) atoms. The van der Waals surface area contributed by atoms with E-state index in [0.717, 1.165) is 5.56 Å². The van der Waals surface area contributed by atoms with Gasteiger partial charge in [-0.1, -0.05) is 13.8 Å². The van der Waals surface area contributed by atoms with Crippen LogP contribution in [-0.2, 0) is 9.47 Å². The third-order valence-corrected chi connectivity index (χ3v) is 2.46. The lowest BCUT2D eigenvalue weighted by atomic mass is 9.97. The van der Waals surface area contributed by atoms with Gasteiger partial charge in [0, 0.05) is 0 Å². The molecule has 92 valence electrons. The highest BCUT2D eigenvalue weighted by atomic mass is 16.5. The smallest absolute Gasteiger partial charge is 0.337 e. The zero-order valence-corrected chi connectivity index (χ0v) is 10.4. The van der Waals surface area contributed by atoms with Crippen molar-refractivity contribution in [3.8, 4) is 0 Å². The minimum atomic E-state index is -0.461. The molecule has 0 bridgehead atoms. The number of hydrogen-bond donors (Lipinski definition) is 0. The lowest BCUT2D eigenvalue weighted by Crippen LogP contribution is -2.08. The first-order chi connectivity index (χ1) is 7.99. The molecule has 0 amide bonds. The fourth-order valence-electron chi connectivity index (χ4n) is 1.46. The van der Waals surface area contributed by atoms with Crippen LogP contribution >= 0.6 is 0 Å². The van der Waals surface area contributed by atoms with Crippen LogP contribution in [0.1, 0.15) is 46.0 Å². The first-order valence-electron chi connectivity index (χ1n) is 5.31. The van der Waals surface area contributed by atoms with Gasteiger partial charge in [0.1, 0.15) is 0 Å². The molecule has 0 aliphatic carbocycles. The predicted octanol–water partition coefficient (Wildman–Crippen LogP) is 2.38. The second kappa shape index (κ2) is 5.48. The van der Waals surface area contributed by atoms with Crippen molar-refractivity contribution in [2.75, 3.05) is 14.2 Å². The van der Waals surface area contributed by atoms with Gasteiger partial charge in [0.05, 0.1) is 25.3 Å². The summed E-state index contributed by atoms with van der Waals surface area (Å²) in [5, 5.41) is 0. The predicted molar refractivity (Wildman–Crippen MR) is 63.2 cm³/mol. The van der Waals surface area contributed by atoms with Crippen molar-refractivity contribution in [2.24, 2.45) is 0 Å². The average Bonchev–Trinajstić information content (AvgIpc) is 2.36. The van der Waals surface area contributed by atoms with Crippen LogP contribution in [0.5, 0.6) is 0 Å². The molecule has 1 aromatic carbocycles. The van der Waals surface area contributed by atoms with Gasteiger partial charge in [0.15, 0.2) is 0 Å². The number of esters is 2. The number of hydrogen-bond acceptors (Lipinski definition) is 4.